The number of ether oxygens (including phenoxy) is 1. The van der Waals surface area contributed by atoms with Gasteiger partial charge in [-0.15, -0.1) is 5.92 Å². The van der Waals surface area contributed by atoms with Gasteiger partial charge in [0.05, 0.1) is 12.3 Å². The third-order valence-corrected chi connectivity index (χ3v) is 4.45. The van der Waals surface area contributed by atoms with Gasteiger partial charge in [0.1, 0.15) is 12.4 Å². The van der Waals surface area contributed by atoms with Crippen molar-refractivity contribution in [2.24, 2.45) is 0 Å². The number of rotatable bonds is 7. The van der Waals surface area contributed by atoms with Gasteiger partial charge in [-0.05, 0) is 41.3 Å². The topological polar surface area (TPSA) is 46.5 Å². The Bertz CT molecular complexity index is 962. The van der Waals surface area contributed by atoms with Crippen molar-refractivity contribution in [2.45, 2.75) is 25.9 Å². The summed E-state index contributed by atoms with van der Waals surface area (Å²) in [6, 6.07) is 26.1. The zero-order chi connectivity index (χ0) is 19.8. The van der Waals surface area contributed by atoms with Crippen LogP contribution in [-0.4, -0.2) is 11.1 Å². The third kappa shape index (κ3) is 5.25. The Morgan fingerprint density at radius 2 is 1.57 bits per heavy atom. The van der Waals surface area contributed by atoms with Gasteiger partial charge in [0, 0.05) is 0 Å². The zero-order valence-corrected chi connectivity index (χ0v) is 15.8. The molecule has 0 bridgehead atoms. The molecule has 0 amide bonds. The summed E-state index contributed by atoms with van der Waals surface area (Å²) in [5.41, 5.74) is 4.34. The minimum absolute atomic E-state index is 0.00515. The van der Waals surface area contributed by atoms with Gasteiger partial charge in [-0.1, -0.05) is 72.7 Å². The van der Waals surface area contributed by atoms with Crippen molar-refractivity contribution in [1.29, 1.82) is 0 Å². The Hall–Kier alpha value is -3.51. The highest BCUT2D eigenvalue weighted by Gasteiger charge is 2.13. The van der Waals surface area contributed by atoms with Crippen LogP contribution in [0.2, 0.25) is 0 Å². The molecule has 1 unspecified atom stereocenters. The summed E-state index contributed by atoms with van der Waals surface area (Å²) in [7, 11) is 0. The van der Waals surface area contributed by atoms with Crippen LogP contribution in [-0.2, 0) is 11.4 Å². The van der Waals surface area contributed by atoms with Crippen molar-refractivity contribution < 1.29 is 14.6 Å². The second-order valence-electron chi connectivity index (χ2n) is 6.47. The Labute approximate surface area is 165 Å². The van der Waals surface area contributed by atoms with E-state index >= 15 is 0 Å². The Balaban J connectivity index is 1.61. The number of carboxylic acid groups (broad SMARTS) is 1. The lowest BCUT2D eigenvalue weighted by atomic mass is 9.96. The highest BCUT2D eigenvalue weighted by atomic mass is 16.5. The molecule has 1 N–H and O–H groups in total. The van der Waals surface area contributed by atoms with E-state index in [1.807, 2.05) is 42.5 Å². The van der Waals surface area contributed by atoms with Crippen molar-refractivity contribution in [3.8, 4) is 28.7 Å². The molecule has 0 aliphatic rings. The molecule has 0 saturated carbocycles. The van der Waals surface area contributed by atoms with E-state index in [4.69, 9.17) is 9.84 Å². The summed E-state index contributed by atoms with van der Waals surface area (Å²) in [6.07, 6.45) is -0.00515. The molecule has 140 valence electrons. The van der Waals surface area contributed by atoms with E-state index in [1.54, 1.807) is 6.92 Å². The third-order valence-electron chi connectivity index (χ3n) is 4.45. The number of hydrogen-bond donors (Lipinski definition) is 1. The van der Waals surface area contributed by atoms with Crippen LogP contribution in [0.25, 0.3) is 11.1 Å². The quantitative estimate of drug-likeness (QED) is 0.558. The molecule has 28 heavy (non-hydrogen) atoms. The second kappa shape index (κ2) is 9.43. The van der Waals surface area contributed by atoms with Gasteiger partial charge >= 0.3 is 5.97 Å². The molecule has 0 radical (unpaired) electrons. The standard InChI is InChI=1S/C25H22O3/c1-2-6-23(17-25(26)27)22-13-15-24(16-14-22)28-18-19-9-11-21(12-10-19)20-7-4-3-5-8-20/h3-5,7-16,23H,17-18H2,1H3,(H,26,27). The highest BCUT2D eigenvalue weighted by molar-refractivity contribution is 5.69. The van der Waals surface area contributed by atoms with Crippen molar-refractivity contribution in [2.75, 3.05) is 0 Å². The van der Waals surface area contributed by atoms with E-state index < -0.39 is 5.97 Å². The van der Waals surface area contributed by atoms with E-state index in [-0.39, 0.29) is 12.3 Å². The number of hydrogen-bond acceptors (Lipinski definition) is 2. The van der Waals surface area contributed by atoms with E-state index in [0.717, 1.165) is 16.9 Å². The van der Waals surface area contributed by atoms with E-state index in [2.05, 4.69) is 48.2 Å². The van der Waals surface area contributed by atoms with Crippen molar-refractivity contribution in [1.82, 2.24) is 0 Å². The number of aliphatic carboxylic acids is 1. The first-order chi connectivity index (χ1) is 13.7. The van der Waals surface area contributed by atoms with Crippen molar-refractivity contribution >= 4 is 5.97 Å². The predicted octanol–water partition coefficient (Wildman–Crippen LogP) is 5.51. The molecule has 0 saturated heterocycles. The Morgan fingerprint density at radius 1 is 0.929 bits per heavy atom. The normalized spacial score (nSPS) is 11.2. The van der Waals surface area contributed by atoms with Crippen molar-refractivity contribution in [3.05, 3.63) is 90.0 Å². The van der Waals surface area contributed by atoms with Crippen LogP contribution in [0.3, 0.4) is 0 Å². The van der Waals surface area contributed by atoms with Gasteiger partial charge in [0.15, 0.2) is 0 Å². The number of carboxylic acids is 1. The molecule has 0 heterocycles. The lowest BCUT2D eigenvalue weighted by Gasteiger charge is -2.11. The zero-order valence-electron chi connectivity index (χ0n) is 15.8. The minimum atomic E-state index is -0.855. The first-order valence-electron chi connectivity index (χ1n) is 9.17. The first-order valence-corrected chi connectivity index (χ1v) is 9.17. The molecular weight excluding hydrogens is 348 g/mol. The lowest BCUT2D eigenvalue weighted by molar-refractivity contribution is -0.137. The maximum Gasteiger partial charge on any atom is 0.304 e. The van der Waals surface area contributed by atoms with Gasteiger partial charge in [-0.2, -0.15) is 0 Å². The van der Waals surface area contributed by atoms with E-state index in [9.17, 15) is 4.79 Å². The van der Waals surface area contributed by atoms with Crippen LogP contribution in [0.5, 0.6) is 5.75 Å². The molecule has 1 atom stereocenters. The predicted molar refractivity (Wildman–Crippen MR) is 111 cm³/mol. The summed E-state index contributed by atoms with van der Waals surface area (Å²) >= 11 is 0. The van der Waals surface area contributed by atoms with Gasteiger partial charge in [0.25, 0.3) is 0 Å². The van der Waals surface area contributed by atoms with Crippen molar-refractivity contribution in [3.63, 3.8) is 0 Å². The largest absolute Gasteiger partial charge is 0.489 e. The van der Waals surface area contributed by atoms with Gasteiger partial charge in [-0.25, -0.2) is 0 Å². The summed E-state index contributed by atoms with van der Waals surface area (Å²) in [5.74, 6) is 5.35. The molecule has 3 nitrogen and oxygen atoms in total. The molecule has 0 aliphatic carbocycles. The van der Waals surface area contributed by atoms with Crippen LogP contribution in [0.4, 0.5) is 0 Å². The van der Waals surface area contributed by atoms with Gasteiger partial charge in [0.2, 0.25) is 0 Å². The Morgan fingerprint density at radius 3 is 2.18 bits per heavy atom. The summed E-state index contributed by atoms with van der Waals surface area (Å²) in [6.45, 7) is 2.19. The monoisotopic (exact) mass is 370 g/mol. The molecule has 0 spiro atoms. The summed E-state index contributed by atoms with van der Waals surface area (Å²) in [4.78, 5) is 11.0. The molecule has 3 heteroatoms. The fourth-order valence-corrected chi connectivity index (χ4v) is 2.99. The number of carbonyl (C=O) groups is 1. The fraction of sp³-hybridized carbons (Fsp3) is 0.160. The van der Waals surface area contributed by atoms with Gasteiger partial charge in [-0.3, -0.25) is 4.79 Å². The van der Waals surface area contributed by atoms with Crippen LogP contribution >= 0.6 is 0 Å². The molecular formula is C25H22O3. The first kappa shape index (κ1) is 19.3. The van der Waals surface area contributed by atoms with E-state index in [1.165, 1.54) is 11.1 Å². The lowest BCUT2D eigenvalue weighted by Crippen LogP contribution is -2.04. The van der Waals surface area contributed by atoms with Crippen LogP contribution in [0, 0.1) is 11.8 Å². The molecule has 3 aromatic carbocycles. The average Bonchev–Trinajstić information content (AvgIpc) is 2.73. The molecule has 0 aliphatic heterocycles. The minimum Gasteiger partial charge on any atom is -0.489 e. The SMILES string of the molecule is CC#CC(CC(=O)O)c1ccc(OCc2ccc(-c3ccccc3)cc2)cc1. The molecule has 0 fully saturated rings. The molecule has 0 aromatic heterocycles. The molecule has 3 aromatic rings. The summed E-state index contributed by atoms with van der Waals surface area (Å²) in [5, 5.41) is 9.04. The maximum atomic E-state index is 11.0. The van der Waals surface area contributed by atoms with E-state index in [0.29, 0.717) is 6.61 Å². The second-order valence-corrected chi connectivity index (χ2v) is 6.47. The highest BCUT2D eigenvalue weighted by Crippen LogP contribution is 2.23. The van der Waals surface area contributed by atoms with Crippen LogP contribution < -0.4 is 4.74 Å². The van der Waals surface area contributed by atoms with Crippen LogP contribution in [0.1, 0.15) is 30.4 Å². The van der Waals surface area contributed by atoms with Gasteiger partial charge < -0.3 is 9.84 Å². The smallest absolute Gasteiger partial charge is 0.304 e. The maximum absolute atomic E-state index is 11.0. The fourth-order valence-electron chi connectivity index (χ4n) is 2.99. The van der Waals surface area contributed by atoms with Crippen LogP contribution in [0.15, 0.2) is 78.9 Å². The molecule has 3 rings (SSSR count). The average molecular weight is 370 g/mol. The number of benzene rings is 3. The summed E-state index contributed by atoms with van der Waals surface area (Å²) < 4.78 is 5.86. The Kier molecular flexibility index (Phi) is 6.49.